The van der Waals surface area contributed by atoms with Crippen LogP contribution in [-0.2, 0) is 10.0 Å². The second-order valence-electron chi connectivity index (χ2n) is 4.08. The molecule has 1 aromatic carbocycles. The minimum Gasteiger partial charge on any atom is -0.478 e. The van der Waals surface area contributed by atoms with Gasteiger partial charge in [0.15, 0.2) is 0 Å². The maximum atomic E-state index is 12.2. The van der Waals surface area contributed by atoms with E-state index in [1.165, 1.54) is 6.07 Å². The van der Waals surface area contributed by atoms with Crippen molar-refractivity contribution >= 4 is 38.0 Å². The Morgan fingerprint density at radius 3 is 2.48 bits per heavy atom. The standard InChI is InChI=1S/C11H14BrN3O5S/c1-6-8(12)4-7(10(16)17)5-9(6)21(19,20)15-3-2-14-11(13)18/h4-5,15H,2-3H2,1H3,(H,16,17)(H3,13,14,18). The summed E-state index contributed by atoms with van der Waals surface area (Å²) in [6, 6.07) is 1.64. The van der Waals surface area contributed by atoms with Crippen LogP contribution >= 0.6 is 15.9 Å². The Hall–Kier alpha value is -1.65. The Morgan fingerprint density at radius 1 is 1.33 bits per heavy atom. The van der Waals surface area contributed by atoms with Crippen LogP contribution in [0, 0.1) is 6.92 Å². The average Bonchev–Trinajstić information content (AvgIpc) is 2.37. The van der Waals surface area contributed by atoms with Crippen molar-refractivity contribution in [3.63, 3.8) is 0 Å². The number of nitrogens with two attached hydrogens (primary N) is 1. The smallest absolute Gasteiger partial charge is 0.335 e. The molecule has 0 aromatic heterocycles. The van der Waals surface area contributed by atoms with Crippen molar-refractivity contribution in [3.8, 4) is 0 Å². The highest BCUT2D eigenvalue weighted by Crippen LogP contribution is 2.25. The lowest BCUT2D eigenvalue weighted by Crippen LogP contribution is -2.37. The van der Waals surface area contributed by atoms with Crippen molar-refractivity contribution in [2.24, 2.45) is 5.73 Å². The quantitative estimate of drug-likeness (QED) is 0.529. The van der Waals surface area contributed by atoms with Gasteiger partial charge in [0.25, 0.3) is 0 Å². The highest BCUT2D eigenvalue weighted by molar-refractivity contribution is 9.10. The molecule has 0 radical (unpaired) electrons. The first kappa shape index (κ1) is 17.4. The third-order valence-corrected chi connectivity index (χ3v) is 4.96. The zero-order valence-electron chi connectivity index (χ0n) is 11.0. The lowest BCUT2D eigenvalue weighted by Gasteiger charge is -2.11. The molecule has 0 unspecified atom stereocenters. The molecule has 0 spiro atoms. The minimum absolute atomic E-state index is 0.0212. The maximum absolute atomic E-state index is 12.2. The van der Waals surface area contributed by atoms with Gasteiger partial charge in [0, 0.05) is 17.6 Å². The van der Waals surface area contributed by atoms with Gasteiger partial charge in [-0.3, -0.25) is 0 Å². The lowest BCUT2D eigenvalue weighted by atomic mass is 10.1. The van der Waals surface area contributed by atoms with Gasteiger partial charge in [-0.1, -0.05) is 15.9 Å². The number of sulfonamides is 1. The molecule has 0 aliphatic heterocycles. The van der Waals surface area contributed by atoms with Crippen LogP contribution in [0.4, 0.5) is 4.79 Å². The van der Waals surface area contributed by atoms with E-state index < -0.39 is 22.0 Å². The van der Waals surface area contributed by atoms with E-state index in [2.05, 4.69) is 26.0 Å². The number of carbonyl (C=O) groups excluding carboxylic acids is 1. The number of carboxylic acids is 1. The van der Waals surface area contributed by atoms with E-state index in [-0.39, 0.29) is 23.5 Å². The second-order valence-corrected chi connectivity index (χ2v) is 6.66. The number of primary amides is 1. The average molecular weight is 380 g/mol. The molecule has 0 saturated heterocycles. The molecule has 1 aromatic rings. The fraction of sp³-hybridized carbons (Fsp3) is 0.273. The highest BCUT2D eigenvalue weighted by atomic mass is 79.9. The zero-order valence-corrected chi connectivity index (χ0v) is 13.4. The predicted molar refractivity (Wildman–Crippen MR) is 78.6 cm³/mol. The van der Waals surface area contributed by atoms with Crippen molar-refractivity contribution in [1.29, 1.82) is 0 Å². The molecule has 0 aliphatic carbocycles. The molecule has 1 rings (SSSR count). The van der Waals surface area contributed by atoms with Gasteiger partial charge in [0.05, 0.1) is 10.5 Å². The van der Waals surface area contributed by atoms with Crippen LogP contribution in [0.2, 0.25) is 0 Å². The van der Waals surface area contributed by atoms with E-state index in [0.29, 0.717) is 10.0 Å². The van der Waals surface area contributed by atoms with Gasteiger partial charge in [0.1, 0.15) is 0 Å². The van der Waals surface area contributed by atoms with E-state index in [0.717, 1.165) is 6.07 Å². The molecule has 0 saturated carbocycles. The Morgan fingerprint density at radius 2 is 1.95 bits per heavy atom. The Labute approximate surface area is 129 Å². The molecule has 5 N–H and O–H groups in total. The number of amides is 2. The second kappa shape index (κ2) is 6.87. The minimum atomic E-state index is -3.90. The molecular formula is C11H14BrN3O5S. The third kappa shape index (κ3) is 4.69. The maximum Gasteiger partial charge on any atom is 0.335 e. The summed E-state index contributed by atoms with van der Waals surface area (Å²) in [5.41, 5.74) is 5.09. The first-order valence-electron chi connectivity index (χ1n) is 5.71. The van der Waals surface area contributed by atoms with Gasteiger partial charge in [0.2, 0.25) is 10.0 Å². The van der Waals surface area contributed by atoms with E-state index in [1.54, 1.807) is 6.92 Å². The lowest BCUT2D eigenvalue weighted by molar-refractivity contribution is 0.0696. The van der Waals surface area contributed by atoms with Crippen molar-refractivity contribution < 1.29 is 23.1 Å². The van der Waals surface area contributed by atoms with Crippen molar-refractivity contribution in [2.75, 3.05) is 13.1 Å². The van der Waals surface area contributed by atoms with E-state index in [1.807, 2.05) is 0 Å². The first-order valence-corrected chi connectivity index (χ1v) is 7.99. The summed E-state index contributed by atoms with van der Waals surface area (Å²) in [7, 11) is -3.90. The normalized spacial score (nSPS) is 11.1. The van der Waals surface area contributed by atoms with E-state index in [4.69, 9.17) is 10.8 Å². The van der Waals surface area contributed by atoms with Crippen molar-refractivity contribution in [2.45, 2.75) is 11.8 Å². The van der Waals surface area contributed by atoms with Gasteiger partial charge in [-0.2, -0.15) is 0 Å². The number of nitrogens with one attached hydrogen (secondary N) is 2. The van der Waals surface area contributed by atoms with Gasteiger partial charge in [-0.05, 0) is 24.6 Å². The number of carboxylic acid groups (broad SMARTS) is 1. The fourth-order valence-electron chi connectivity index (χ4n) is 1.51. The molecular weight excluding hydrogens is 366 g/mol. The number of rotatable bonds is 6. The molecule has 2 amide bonds. The number of benzene rings is 1. The molecule has 10 heteroatoms. The number of hydrogen-bond acceptors (Lipinski definition) is 4. The predicted octanol–water partition coefficient (Wildman–Crippen LogP) is 0.402. The molecule has 8 nitrogen and oxygen atoms in total. The molecule has 116 valence electrons. The Balaban J connectivity index is 3.02. The summed E-state index contributed by atoms with van der Waals surface area (Å²) in [6.07, 6.45) is 0. The van der Waals surface area contributed by atoms with Crippen LogP contribution in [0.3, 0.4) is 0 Å². The summed E-state index contributed by atoms with van der Waals surface area (Å²) in [6.45, 7) is 1.50. The van der Waals surface area contributed by atoms with Crippen molar-refractivity contribution in [1.82, 2.24) is 10.0 Å². The van der Waals surface area contributed by atoms with Crippen LogP contribution in [0.25, 0.3) is 0 Å². The van der Waals surface area contributed by atoms with E-state index in [9.17, 15) is 18.0 Å². The first-order chi connectivity index (χ1) is 9.65. The van der Waals surface area contributed by atoms with Crippen LogP contribution in [-0.4, -0.2) is 38.6 Å². The summed E-state index contributed by atoms with van der Waals surface area (Å²) in [5, 5.41) is 11.2. The molecule has 0 bridgehead atoms. The molecule has 0 heterocycles. The van der Waals surface area contributed by atoms with Gasteiger partial charge < -0.3 is 16.2 Å². The number of hydrogen-bond donors (Lipinski definition) is 4. The molecule has 0 atom stereocenters. The summed E-state index contributed by atoms with van der Waals surface area (Å²) in [5.74, 6) is -1.23. The number of halogens is 1. The Kier molecular flexibility index (Phi) is 5.70. The summed E-state index contributed by atoms with van der Waals surface area (Å²) in [4.78, 5) is 21.3. The number of urea groups is 1. The highest BCUT2D eigenvalue weighted by Gasteiger charge is 2.20. The molecule has 21 heavy (non-hydrogen) atoms. The van der Waals surface area contributed by atoms with Crippen LogP contribution in [0.5, 0.6) is 0 Å². The summed E-state index contributed by atoms with van der Waals surface area (Å²) < 4.78 is 26.9. The fourth-order valence-corrected chi connectivity index (χ4v) is 3.42. The van der Waals surface area contributed by atoms with Crippen molar-refractivity contribution in [3.05, 3.63) is 27.7 Å². The SMILES string of the molecule is Cc1c(Br)cc(C(=O)O)cc1S(=O)(=O)NCCNC(N)=O. The van der Waals surface area contributed by atoms with Crippen LogP contribution in [0.1, 0.15) is 15.9 Å². The third-order valence-electron chi connectivity index (χ3n) is 2.55. The van der Waals surface area contributed by atoms with Crippen LogP contribution < -0.4 is 15.8 Å². The monoisotopic (exact) mass is 379 g/mol. The van der Waals surface area contributed by atoms with Gasteiger partial charge >= 0.3 is 12.0 Å². The van der Waals surface area contributed by atoms with Gasteiger partial charge in [-0.25, -0.2) is 22.7 Å². The molecule has 0 fully saturated rings. The largest absolute Gasteiger partial charge is 0.478 e. The summed E-state index contributed by atoms with van der Waals surface area (Å²) >= 11 is 3.13. The topological polar surface area (TPSA) is 139 Å². The van der Waals surface area contributed by atoms with Gasteiger partial charge in [-0.15, -0.1) is 0 Å². The van der Waals surface area contributed by atoms with E-state index >= 15 is 0 Å². The number of aromatic carboxylic acids is 1. The number of carbonyl (C=O) groups is 2. The zero-order chi connectivity index (χ0) is 16.2. The Bertz CT molecular complexity index is 675. The molecule has 0 aliphatic rings. The van der Waals surface area contributed by atoms with Crippen LogP contribution in [0.15, 0.2) is 21.5 Å².